The van der Waals surface area contributed by atoms with Crippen LogP contribution < -0.4 is 4.74 Å². The van der Waals surface area contributed by atoms with Crippen molar-refractivity contribution in [2.24, 2.45) is 0 Å². The number of benzene rings is 1. The molecule has 0 saturated carbocycles. The molecule has 0 spiro atoms. The zero-order valence-electron chi connectivity index (χ0n) is 10.8. The van der Waals surface area contributed by atoms with E-state index < -0.39 is 0 Å². The molecular weight excluding hydrogens is 294 g/mol. The number of allylic oxidation sites excluding steroid dienone is 1. The SMILES string of the molecule is C=CCCCN(C)C(=O)c1ccc(OC)c(Br)c1. The van der Waals surface area contributed by atoms with Gasteiger partial charge in [-0.05, 0) is 47.0 Å². The molecule has 0 radical (unpaired) electrons. The summed E-state index contributed by atoms with van der Waals surface area (Å²) in [7, 11) is 3.41. The van der Waals surface area contributed by atoms with Crippen molar-refractivity contribution in [2.75, 3.05) is 20.7 Å². The van der Waals surface area contributed by atoms with Gasteiger partial charge in [0.15, 0.2) is 0 Å². The van der Waals surface area contributed by atoms with Gasteiger partial charge >= 0.3 is 0 Å². The third-order valence-electron chi connectivity index (χ3n) is 2.65. The Morgan fingerprint density at radius 2 is 2.28 bits per heavy atom. The predicted octanol–water partition coefficient (Wildman–Crippen LogP) is 3.50. The Morgan fingerprint density at radius 3 is 2.83 bits per heavy atom. The molecule has 0 aliphatic carbocycles. The Labute approximate surface area is 117 Å². The maximum absolute atomic E-state index is 12.1. The van der Waals surface area contributed by atoms with E-state index in [0.717, 1.165) is 29.6 Å². The first-order valence-electron chi connectivity index (χ1n) is 5.80. The number of hydrogen-bond donors (Lipinski definition) is 0. The van der Waals surface area contributed by atoms with Crippen molar-refractivity contribution in [1.82, 2.24) is 4.90 Å². The standard InChI is InChI=1S/C14H18BrNO2/c1-4-5-6-9-16(2)14(17)11-7-8-13(18-3)12(15)10-11/h4,7-8,10H,1,5-6,9H2,2-3H3. The first-order chi connectivity index (χ1) is 8.60. The van der Waals surface area contributed by atoms with Crippen LogP contribution in [-0.4, -0.2) is 31.5 Å². The molecule has 0 unspecified atom stereocenters. The van der Waals surface area contributed by atoms with Gasteiger partial charge in [-0.3, -0.25) is 4.79 Å². The summed E-state index contributed by atoms with van der Waals surface area (Å²) in [5, 5.41) is 0. The molecule has 0 aliphatic heterocycles. The molecule has 0 bridgehead atoms. The van der Waals surface area contributed by atoms with Gasteiger partial charge in [0.05, 0.1) is 11.6 Å². The number of unbranched alkanes of at least 4 members (excludes halogenated alkanes) is 1. The van der Waals surface area contributed by atoms with Gasteiger partial charge in [0, 0.05) is 19.2 Å². The number of ether oxygens (including phenoxy) is 1. The molecule has 1 aromatic rings. The Kier molecular flexibility index (Phi) is 5.92. The van der Waals surface area contributed by atoms with Crippen LogP contribution in [0.5, 0.6) is 5.75 Å². The molecular formula is C14H18BrNO2. The molecule has 0 aromatic heterocycles. The number of amides is 1. The number of rotatable bonds is 6. The van der Waals surface area contributed by atoms with Crippen LogP contribution in [0.2, 0.25) is 0 Å². The molecule has 0 fully saturated rings. The van der Waals surface area contributed by atoms with Crippen LogP contribution in [0.3, 0.4) is 0 Å². The molecule has 0 atom stereocenters. The van der Waals surface area contributed by atoms with E-state index in [9.17, 15) is 4.79 Å². The summed E-state index contributed by atoms with van der Waals surface area (Å²) in [6.07, 6.45) is 3.72. The molecule has 0 aliphatic rings. The number of methoxy groups -OCH3 is 1. The van der Waals surface area contributed by atoms with E-state index in [1.54, 1.807) is 30.2 Å². The van der Waals surface area contributed by atoms with Crippen LogP contribution in [0.4, 0.5) is 0 Å². The molecule has 3 nitrogen and oxygen atoms in total. The molecule has 0 N–H and O–H groups in total. The van der Waals surface area contributed by atoms with Crippen molar-refractivity contribution in [3.63, 3.8) is 0 Å². The van der Waals surface area contributed by atoms with Gasteiger partial charge in [-0.2, -0.15) is 0 Å². The summed E-state index contributed by atoms with van der Waals surface area (Å²) < 4.78 is 5.92. The zero-order chi connectivity index (χ0) is 13.5. The van der Waals surface area contributed by atoms with E-state index in [1.807, 2.05) is 13.1 Å². The first kappa shape index (κ1) is 14.8. The number of halogens is 1. The highest BCUT2D eigenvalue weighted by atomic mass is 79.9. The summed E-state index contributed by atoms with van der Waals surface area (Å²) in [6, 6.07) is 5.34. The second-order valence-corrected chi connectivity index (χ2v) is 4.86. The second kappa shape index (κ2) is 7.21. The molecule has 1 rings (SSSR count). The van der Waals surface area contributed by atoms with Gasteiger partial charge in [0.25, 0.3) is 5.91 Å². The minimum Gasteiger partial charge on any atom is -0.496 e. The van der Waals surface area contributed by atoms with E-state index in [2.05, 4.69) is 22.5 Å². The average Bonchev–Trinajstić information content (AvgIpc) is 2.38. The molecule has 0 heterocycles. The number of nitrogens with zero attached hydrogens (tertiary/aromatic N) is 1. The fraction of sp³-hybridized carbons (Fsp3) is 0.357. The maximum atomic E-state index is 12.1. The lowest BCUT2D eigenvalue weighted by Gasteiger charge is -2.17. The van der Waals surface area contributed by atoms with Crippen LogP contribution >= 0.6 is 15.9 Å². The molecule has 98 valence electrons. The minimum absolute atomic E-state index is 0.0161. The summed E-state index contributed by atoms with van der Waals surface area (Å²) in [5.74, 6) is 0.739. The molecule has 4 heteroatoms. The maximum Gasteiger partial charge on any atom is 0.253 e. The fourth-order valence-corrected chi connectivity index (χ4v) is 2.13. The van der Waals surface area contributed by atoms with Crippen molar-refractivity contribution >= 4 is 21.8 Å². The van der Waals surface area contributed by atoms with Crippen molar-refractivity contribution in [3.8, 4) is 5.75 Å². The van der Waals surface area contributed by atoms with Gasteiger partial charge in [0.1, 0.15) is 5.75 Å². The fourth-order valence-electron chi connectivity index (χ4n) is 1.59. The van der Waals surface area contributed by atoms with E-state index >= 15 is 0 Å². The second-order valence-electron chi connectivity index (χ2n) is 4.01. The first-order valence-corrected chi connectivity index (χ1v) is 6.59. The third-order valence-corrected chi connectivity index (χ3v) is 3.27. The highest BCUT2D eigenvalue weighted by Crippen LogP contribution is 2.25. The van der Waals surface area contributed by atoms with Crippen LogP contribution in [-0.2, 0) is 0 Å². The van der Waals surface area contributed by atoms with Gasteiger partial charge in [-0.1, -0.05) is 6.08 Å². The van der Waals surface area contributed by atoms with Crippen LogP contribution in [0.25, 0.3) is 0 Å². The van der Waals surface area contributed by atoms with Crippen molar-refractivity contribution in [1.29, 1.82) is 0 Å². The van der Waals surface area contributed by atoms with Crippen LogP contribution in [0.15, 0.2) is 35.3 Å². The topological polar surface area (TPSA) is 29.5 Å². The van der Waals surface area contributed by atoms with Gasteiger partial charge in [-0.15, -0.1) is 6.58 Å². The highest BCUT2D eigenvalue weighted by Gasteiger charge is 2.12. The van der Waals surface area contributed by atoms with Crippen LogP contribution in [0.1, 0.15) is 23.2 Å². The number of carbonyl (C=O) groups is 1. The van der Waals surface area contributed by atoms with E-state index in [0.29, 0.717) is 5.56 Å². The Morgan fingerprint density at radius 1 is 1.56 bits per heavy atom. The monoisotopic (exact) mass is 311 g/mol. The number of hydrogen-bond acceptors (Lipinski definition) is 2. The average molecular weight is 312 g/mol. The summed E-state index contributed by atoms with van der Waals surface area (Å²) in [4.78, 5) is 13.8. The largest absolute Gasteiger partial charge is 0.496 e. The Bertz CT molecular complexity index is 432. The molecule has 18 heavy (non-hydrogen) atoms. The van der Waals surface area contributed by atoms with Crippen molar-refractivity contribution < 1.29 is 9.53 Å². The normalized spacial score (nSPS) is 9.94. The van der Waals surface area contributed by atoms with E-state index in [-0.39, 0.29) is 5.91 Å². The zero-order valence-corrected chi connectivity index (χ0v) is 12.4. The van der Waals surface area contributed by atoms with E-state index in [1.165, 1.54) is 0 Å². The van der Waals surface area contributed by atoms with Gasteiger partial charge in [-0.25, -0.2) is 0 Å². The summed E-state index contributed by atoms with van der Waals surface area (Å²) >= 11 is 3.38. The quantitative estimate of drug-likeness (QED) is 0.594. The van der Waals surface area contributed by atoms with Gasteiger partial charge < -0.3 is 9.64 Å². The lowest BCUT2D eigenvalue weighted by atomic mass is 10.2. The lowest BCUT2D eigenvalue weighted by molar-refractivity contribution is 0.0793. The smallest absolute Gasteiger partial charge is 0.253 e. The molecule has 1 amide bonds. The summed E-state index contributed by atoms with van der Waals surface area (Å²) in [5.41, 5.74) is 0.656. The number of carbonyl (C=O) groups excluding carboxylic acids is 1. The third kappa shape index (κ3) is 3.88. The van der Waals surface area contributed by atoms with Gasteiger partial charge in [0.2, 0.25) is 0 Å². The molecule has 0 saturated heterocycles. The van der Waals surface area contributed by atoms with Crippen molar-refractivity contribution in [2.45, 2.75) is 12.8 Å². The molecule has 1 aromatic carbocycles. The minimum atomic E-state index is 0.0161. The predicted molar refractivity (Wildman–Crippen MR) is 77.1 cm³/mol. The van der Waals surface area contributed by atoms with E-state index in [4.69, 9.17) is 4.74 Å². The van der Waals surface area contributed by atoms with Crippen molar-refractivity contribution in [3.05, 3.63) is 40.9 Å². The lowest BCUT2D eigenvalue weighted by Crippen LogP contribution is -2.27. The van der Waals surface area contributed by atoms with Crippen LogP contribution in [0, 0.1) is 0 Å². The Balaban J connectivity index is 2.71. The summed E-state index contributed by atoms with van der Waals surface area (Å²) in [6.45, 7) is 4.40. The highest BCUT2D eigenvalue weighted by molar-refractivity contribution is 9.10. The Hall–Kier alpha value is -1.29.